The number of nitrogens with one attached hydrogen (secondary N) is 1. The minimum Gasteiger partial charge on any atom is -0.368 e. The highest BCUT2D eigenvalue weighted by molar-refractivity contribution is 7.99. The number of pyridine rings is 1. The fourth-order valence-corrected chi connectivity index (χ4v) is 6.14. The number of amides is 1. The zero-order chi connectivity index (χ0) is 25.7. The van der Waals surface area contributed by atoms with E-state index in [0.717, 1.165) is 24.4 Å². The van der Waals surface area contributed by atoms with Crippen molar-refractivity contribution in [3.05, 3.63) is 35.5 Å². The van der Waals surface area contributed by atoms with Gasteiger partial charge in [-0.05, 0) is 18.6 Å². The second kappa shape index (κ2) is 11.8. The van der Waals surface area contributed by atoms with Crippen LogP contribution >= 0.6 is 36.6 Å². The summed E-state index contributed by atoms with van der Waals surface area (Å²) in [6.07, 6.45) is -9.05. The number of benzene rings is 1. The van der Waals surface area contributed by atoms with Gasteiger partial charge in [0, 0.05) is 62.1 Å². The molecule has 1 aromatic carbocycles. The van der Waals surface area contributed by atoms with E-state index in [-0.39, 0.29) is 53.9 Å². The van der Waals surface area contributed by atoms with Crippen LogP contribution in [0.4, 0.5) is 32.0 Å². The van der Waals surface area contributed by atoms with Crippen LogP contribution in [0.2, 0.25) is 0 Å². The van der Waals surface area contributed by atoms with Crippen molar-refractivity contribution in [3.8, 4) is 0 Å². The number of hydrogen-bond acceptors (Lipinski definition) is 6. The molecule has 1 N–H and O–H groups in total. The molecule has 0 unspecified atom stereocenters. The van der Waals surface area contributed by atoms with Crippen molar-refractivity contribution in [2.45, 2.75) is 30.9 Å². The first-order valence-electron chi connectivity index (χ1n) is 11.7. The van der Waals surface area contributed by atoms with E-state index in [0.29, 0.717) is 45.0 Å². The molecule has 0 aliphatic carbocycles. The molecule has 6 nitrogen and oxygen atoms in total. The van der Waals surface area contributed by atoms with Crippen LogP contribution in [0.25, 0.3) is 10.9 Å². The quantitative estimate of drug-likeness (QED) is 0.520. The van der Waals surface area contributed by atoms with Gasteiger partial charge in [0.05, 0.1) is 23.0 Å². The molecule has 38 heavy (non-hydrogen) atoms. The average molecular weight is 606 g/mol. The Labute approximate surface area is 232 Å². The van der Waals surface area contributed by atoms with Crippen LogP contribution < -0.4 is 10.2 Å². The van der Waals surface area contributed by atoms with Crippen molar-refractivity contribution in [1.82, 2.24) is 20.1 Å². The molecule has 2 atom stereocenters. The third-order valence-electron chi connectivity index (χ3n) is 7.05. The topological polar surface area (TPSA) is 51.7 Å². The number of alkyl halides is 6. The monoisotopic (exact) mass is 605 g/mol. The Kier molecular flexibility index (Phi) is 9.61. The number of para-hydroxylation sites is 1. The van der Waals surface area contributed by atoms with E-state index in [1.54, 1.807) is 16.7 Å². The first-order valence-corrected chi connectivity index (χ1v) is 12.8. The van der Waals surface area contributed by atoms with Crippen molar-refractivity contribution in [3.63, 3.8) is 0 Å². The summed E-state index contributed by atoms with van der Waals surface area (Å²) >= 11 is 1.73. The van der Waals surface area contributed by atoms with Crippen LogP contribution in [-0.2, 0) is 17.1 Å². The van der Waals surface area contributed by atoms with E-state index in [9.17, 15) is 31.1 Å². The zero-order valence-corrected chi connectivity index (χ0v) is 22.5. The number of carbonyl (C=O) groups is 1. The highest BCUT2D eigenvalue weighted by Gasteiger charge is 2.39. The van der Waals surface area contributed by atoms with Crippen molar-refractivity contribution in [2.24, 2.45) is 0 Å². The highest BCUT2D eigenvalue weighted by Crippen LogP contribution is 2.40. The lowest BCUT2D eigenvalue weighted by Crippen LogP contribution is -2.51. The molecule has 15 heteroatoms. The molecule has 0 saturated carbocycles. The van der Waals surface area contributed by atoms with Gasteiger partial charge in [0.1, 0.15) is 5.69 Å². The Morgan fingerprint density at radius 3 is 2.32 bits per heavy atom. The molecule has 1 aromatic heterocycles. The average Bonchev–Trinajstić information content (AvgIpc) is 3.54. The summed E-state index contributed by atoms with van der Waals surface area (Å²) in [5, 5.41) is 3.34. The van der Waals surface area contributed by atoms with E-state index in [1.807, 2.05) is 4.90 Å². The Hall–Kier alpha value is -1.67. The molecule has 0 radical (unpaired) electrons. The van der Waals surface area contributed by atoms with E-state index in [2.05, 4.69) is 15.2 Å². The number of aromatic nitrogens is 1. The lowest BCUT2D eigenvalue weighted by atomic mass is 10.0. The summed E-state index contributed by atoms with van der Waals surface area (Å²) in [5.41, 5.74) is -3.12. The lowest BCUT2D eigenvalue weighted by molar-refractivity contribution is -0.142. The van der Waals surface area contributed by atoms with Crippen LogP contribution in [0.5, 0.6) is 0 Å². The number of carbonyl (C=O) groups excluding carboxylic acids is 1. The lowest BCUT2D eigenvalue weighted by Gasteiger charge is -2.39. The maximum atomic E-state index is 13.6. The standard InChI is InChI=1S/C23H25F6N5OS.2ClH/c24-22(25,26)16-3-1-2-15-18(11-19(23(27,28)29)31-20(15)16)33-6-4-32(5-7-33)14-10-17(30-12-14)21(35)34-8-9-36-13-34;;/h1-3,11,14,17,30H,4-10,12-13H2;2*1H/t14-,17-;;/m0../s1. The summed E-state index contributed by atoms with van der Waals surface area (Å²) in [7, 11) is 0. The molecule has 1 amide bonds. The predicted molar refractivity (Wildman–Crippen MR) is 139 cm³/mol. The smallest absolute Gasteiger partial charge is 0.368 e. The summed E-state index contributed by atoms with van der Waals surface area (Å²) in [6.45, 7) is 3.15. The van der Waals surface area contributed by atoms with Crippen LogP contribution in [0.1, 0.15) is 17.7 Å². The molecule has 0 bridgehead atoms. The normalized spacial score (nSPS) is 22.9. The molecule has 0 spiro atoms. The fourth-order valence-electron chi connectivity index (χ4n) is 5.19. The number of piperazine rings is 1. The number of halogens is 8. The van der Waals surface area contributed by atoms with Gasteiger partial charge in [-0.15, -0.1) is 36.6 Å². The van der Waals surface area contributed by atoms with Crippen molar-refractivity contribution >= 4 is 59.1 Å². The van der Waals surface area contributed by atoms with Crippen LogP contribution in [0, 0.1) is 0 Å². The number of nitrogens with zero attached hydrogens (tertiary/aromatic N) is 4. The number of fused-ring (bicyclic) bond motifs is 1. The summed E-state index contributed by atoms with van der Waals surface area (Å²) in [6, 6.07) is 4.05. The molecular weight excluding hydrogens is 579 g/mol. The summed E-state index contributed by atoms with van der Waals surface area (Å²) in [4.78, 5) is 21.8. The molecule has 3 saturated heterocycles. The van der Waals surface area contributed by atoms with Gasteiger partial charge in [-0.3, -0.25) is 9.69 Å². The molecule has 4 heterocycles. The van der Waals surface area contributed by atoms with Crippen molar-refractivity contribution < 1.29 is 31.1 Å². The number of anilines is 1. The second-order valence-corrected chi connectivity index (χ2v) is 10.3. The van der Waals surface area contributed by atoms with E-state index >= 15 is 0 Å². The highest BCUT2D eigenvalue weighted by atomic mass is 35.5. The number of hydrogen-bond donors (Lipinski definition) is 1. The van der Waals surface area contributed by atoms with E-state index < -0.39 is 29.1 Å². The summed E-state index contributed by atoms with van der Waals surface area (Å²) < 4.78 is 81.4. The number of thioether (sulfide) groups is 1. The molecule has 5 rings (SSSR count). The molecule has 2 aromatic rings. The third-order valence-corrected chi connectivity index (χ3v) is 8.02. The van der Waals surface area contributed by atoms with Gasteiger partial charge in [0.2, 0.25) is 5.91 Å². The van der Waals surface area contributed by atoms with E-state index in [1.165, 1.54) is 12.1 Å². The third kappa shape index (κ3) is 6.22. The Balaban J connectivity index is 0.00000200. The first-order chi connectivity index (χ1) is 17.0. The van der Waals surface area contributed by atoms with Crippen LogP contribution in [0.15, 0.2) is 24.3 Å². The number of rotatable bonds is 3. The second-order valence-electron chi connectivity index (χ2n) is 9.24. The van der Waals surface area contributed by atoms with Gasteiger partial charge in [-0.2, -0.15) is 26.3 Å². The van der Waals surface area contributed by atoms with Gasteiger partial charge >= 0.3 is 12.4 Å². The maximum Gasteiger partial charge on any atom is 0.433 e. The Bertz CT molecular complexity index is 1140. The van der Waals surface area contributed by atoms with Gasteiger partial charge < -0.3 is 15.1 Å². The molecule has 3 aliphatic rings. The zero-order valence-electron chi connectivity index (χ0n) is 20.0. The van der Waals surface area contributed by atoms with Gasteiger partial charge in [-0.1, -0.05) is 12.1 Å². The predicted octanol–water partition coefficient (Wildman–Crippen LogP) is 4.50. The fraction of sp³-hybridized carbons (Fsp3) is 0.565. The Morgan fingerprint density at radius 1 is 1.00 bits per heavy atom. The van der Waals surface area contributed by atoms with Crippen molar-refractivity contribution in [2.75, 3.05) is 55.8 Å². The van der Waals surface area contributed by atoms with Gasteiger partial charge in [-0.25, -0.2) is 4.98 Å². The minimum absolute atomic E-state index is 0. The Morgan fingerprint density at radius 2 is 1.71 bits per heavy atom. The largest absolute Gasteiger partial charge is 0.433 e. The molecule has 3 fully saturated rings. The van der Waals surface area contributed by atoms with Gasteiger partial charge in [0.25, 0.3) is 0 Å². The van der Waals surface area contributed by atoms with Crippen LogP contribution in [0.3, 0.4) is 0 Å². The molecule has 212 valence electrons. The SMILES string of the molecule is Cl.Cl.O=C([C@@H]1C[C@H](N2CCN(c3cc(C(F)(F)F)nc4c(C(F)(F)F)cccc34)CC2)CN1)N1CCSC1. The molecular formula is C23H27Cl2F6N5OS. The van der Waals surface area contributed by atoms with Gasteiger partial charge in [0.15, 0.2) is 0 Å². The minimum atomic E-state index is -4.88. The van der Waals surface area contributed by atoms with Crippen molar-refractivity contribution in [1.29, 1.82) is 0 Å². The summed E-state index contributed by atoms with van der Waals surface area (Å²) in [5.74, 6) is 1.74. The molecule has 3 aliphatic heterocycles. The maximum absolute atomic E-state index is 13.6. The first kappa shape index (κ1) is 30.9. The van der Waals surface area contributed by atoms with E-state index in [4.69, 9.17) is 0 Å². The van der Waals surface area contributed by atoms with Crippen LogP contribution in [-0.4, -0.2) is 83.7 Å².